The van der Waals surface area contributed by atoms with Gasteiger partial charge >= 0.3 is 0 Å². The van der Waals surface area contributed by atoms with Gasteiger partial charge in [-0.3, -0.25) is 9.55 Å². The van der Waals surface area contributed by atoms with Crippen molar-refractivity contribution >= 4 is 23.1 Å². The van der Waals surface area contributed by atoms with Crippen molar-refractivity contribution in [2.75, 3.05) is 7.11 Å². The standard InChI is InChI=1S/C21H19N5OS2/c1-27-18-4-2-3-15(11-18)20-23-16(12-28-20)13-29-21-25-24-19(26(21)17-5-6-17)14-7-9-22-10-8-14/h2-4,7-12,17H,5-6,13H2,1H3. The molecule has 1 fully saturated rings. The zero-order valence-electron chi connectivity index (χ0n) is 15.9. The van der Waals surface area contributed by atoms with E-state index in [1.165, 1.54) is 12.8 Å². The Hall–Kier alpha value is -2.71. The minimum absolute atomic E-state index is 0.499. The highest BCUT2D eigenvalue weighted by molar-refractivity contribution is 7.98. The van der Waals surface area contributed by atoms with Crippen LogP contribution in [0.25, 0.3) is 22.0 Å². The van der Waals surface area contributed by atoms with Gasteiger partial charge in [-0.1, -0.05) is 23.9 Å². The highest BCUT2D eigenvalue weighted by atomic mass is 32.2. The summed E-state index contributed by atoms with van der Waals surface area (Å²) in [7, 11) is 1.68. The van der Waals surface area contributed by atoms with E-state index in [2.05, 4.69) is 31.2 Å². The number of nitrogens with zero attached hydrogens (tertiary/aromatic N) is 5. The van der Waals surface area contributed by atoms with Crippen LogP contribution < -0.4 is 4.74 Å². The van der Waals surface area contributed by atoms with E-state index in [1.807, 2.05) is 30.3 Å². The van der Waals surface area contributed by atoms with Gasteiger partial charge in [0.05, 0.1) is 12.8 Å². The number of thioether (sulfide) groups is 1. The zero-order chi connectivity index (χ0) is 19.6. The first-order valence-corrected chi connectivity index (χ1v) is 11.3. The number of rotatable bonds is 7. The van der Waals surface area contributed by atoms with Crippen LogP contribution in [0.4, 0.5) is 0 Å². The summed E-state index contributed by atoms with van der Waals surface area (Å²) in [6, 6.07) is 12.5. The number of aromatic nitrogens is 5. The third-order valence-corrected chi connectivity index (χ3v) is 6.65. The quantitative estimate of drug-likeness (QED) is 0.387. The first kappa shape index (κ1) is 18.3. The van der Waals surface area contributed by atoms with E-state index >= 15 is 0 Å². The Morgan fingerprint density at radius 1 is 1.14 bits per heavy atom. The van der Waals surface area contributed by atoms with Crippen LogP contribution in [0.15, 0.2) is 59.3 Å². The Morgan fingerprint density at radius 2 is 2.00 bits per heavy atom. The topological polar surface area (TPSA) is 65.7 Å². The smallest absolute Gasteiger partial charge is 0.192 e. The molecule has 1 aliphatic rings. The Balaban J connectivity index is 1.35. The average molecular weight is 422 g/mol. The van der Waals surface area contributed by atoms with Crippen LogP contribution in [0.3, 0.4) is 0 Å². The highest BCUT2D eigenvalue weighted by Crippen LogP contribution is 2.41. The molecule has 4 aromatic rings. The van der Waals surface area contributed by atoms with Crippen LogP contribution in [-0.2, 0) is 5.75 Å². The van der Waals surface area contributed by atoms with Crippen LogP contribution >= 0.6 is 23.1 Å². The lowest BCUT2D eigenvalue weighted by molar-refractivity contribution is 0.415. The molecular formula is C21H19N5OS2. The number of ether oxygens (including phenoxy) is 1. The van der Waals surface area contributed by atoms with Gasteiger partial charge in [-0.05, 0) is 37.1 Å². The molecule has 0 aliphatic heterocycles. The summed E-state index contributed by atoms with van der Waals surface area (Å²) in [5.41, 5.74) is 3.18. The summed E-state index contributed by atoms with van der Waals surface area (Å²) in [5.74, 6) is 2.53. The molecule has 6 nitrogen and oxygen atoms in total. The fourth-order valence-corrected chi connectivity index (χ4v) is 4.96. The molecule has 0 radical (unpaired) electrons. The van der Waals surface area contributed by atoms with Gasteiger partial charge in [-0.15, -0.1) is 21.5 Å². The fourth-order valence-electron chi connectivity index (χ4n) is 3.14. The SMILES string of the molecule is COc1cccc(-c2nc(CSc3nnc(-c4ccncc4)n3C3CC3)cs2)c1. The number of hydrogen-bond acceptors (Lipinski definition) is 7. The van der Waals surface area contributed by atoms with Crippen LogP contribution in [0, 0.1) is 0 Å². The Labute approximate surface area is 177 Å². The van der Waals surface area contributed by atoms with Gasteiger partial charge in [0.15, 0.2) is 11.0 Å². The number of thiazole rings is 1. The molecular weight excluding hydrogens is 402 g/mol. The number of hydrogen-bond donors (Lipinski definition) is 0. The van der Waals surface area contributed by atoms with Gasteiger partial charge in [0.2, 0.25) is 0 Å². The van der Waals surface area contributed by atoms with E-state index in [-0.39, 0.29) is 0 Å². The average Bonchev–Trinajstić information content (AvgIpc) is 3.34. The largest absolute Gasteiger partial charge is 0.497 e. The molecule has 0 saturated heterocycles. The van der Waals surface area contributed by atoms with Crippen LogP contribution in [0.5, 0.6) is 5.75 Å². The lowest BCUT2D eigenvalue weighted by Gasteiger charge is -2.08. The van der Waals surface area contributed by atoms with E-state index in [4.69, 9.17) is 9.72 Å². The van der Waals surface area contributed by atoms with Crippen LogP contribution in [0.2, 0.25) is 0 Å². The number of methoxy groups -OCH3 is 1. The Kier molecular flexibility index (Phi) is 5.03. The van der Waals surface area contributed by atoms with Gasteiger partial charge in [-0.2, -0.15) is 0 Å². The molecule has 0 amide bonds. The number of pyridine rings is 1. The normalized spacial score (nSPS) is 13.6. The molecule has 0 unspecified atom stereocenters. The maximum absolute atomic E-state index is 5.32. The van der Waals surface area contributed by atoms with Crippen LogP contribution in [0.1, 0.15) is 24.6 Å². The summed E-state index contributed by atoms with van der Waals surface area (Å²) in [4.78, 5) is 8.91. The second-order valence-electron chi connectivity index (χ2n) is 6.81. The lowest BCUT2D eigenvalue weighted by Crippen LogP contribution is -2.00. The molecule has 29 heavy (non-hydrogen) atoms. The summed E-state index contributed by atoms with van der Waals surface area (Å²) in [6.45, 7) is 0. The monoisotopic (exact) mass is 421 g/mol. The van der Waals surface area contributed by atoms with E-state index in [0.717, 1.165) is 44.3 Å². The van der Waals surface area contributed by atoms with Crippen molar-refractivity contribution in [1.29, 1.82) is 0 Å². The molecule has 3 heterocycles. The van der Waals surface area contributed by atoms with Gasteiger partial charge in [0.25, 0.3) is 0 Å². The van der Waals surface area contributed by atoms with Gasteiger partial charge in [-0.25, -0.2) is 4.98 Å². The molecule has 146 valence electrons. The fraction of sp³-hybridized carbons (Fsp3) is 0.238. The van der Waals surface area contributed by atoms with E-state index in [0.29, 0.717) is 6.04 Å². The minimum atomic E-state index is 0.499. The number of benzene rings is 1. The van der Waals surface area contributed by atoms with Crippen LogP contribution in [-0.4, -0.2) is 31.8 Å². The second kappa shape index (κ2) is 7.96. The van der Waals surface area contributed by atoms with Gasteiger partial charge < -0.3 is 4.74 Å². The summed E-state index contributed by atoms with van der Waals surface area (Å²) >= 11 is 3.35. The molecule has 8 heteroatoms. The molecule has 1 saturated carbocycles. The second-order valence-corrected chi connectivity index (χ2v) is 8.61. The predicted molar refractivity (Wildman–Crippen MR) is 115 cm³/mol. The molecule has 1 aliphatic carbocycles. The predicted octanol–water partition coefficient (Wildman–Crippen LogP) is 5.10. The van der Waals surface area contributed by atoms with Gasteiger partial charge in [0.1, 0.15) is 10.8 Å². The summed E-state index contributed by atoms with van der Waals surface area (Å²) < 4.78 is 7.59. The molecule has 5 rings (SSSR count). The highest BCUT2D eigenvalue weighted by Gasteiger charge is 2.30. The van der Waals surface area contributed by atoms with Crippen molar-refractivity contribution in [3.05, 3.63) is 59.9 Å². The molecule has 0 atom stereocenters. The Morgan fingerprint density at radius 3 is 2.79 bits per heavy atom. The van der Waals surface area contributed by atoms with E-state index < -0.39 is 0 Å². The van der Waals surface area contributed by atoms with Crippen molar-refractivity contribution in [2.45, 2.75) is 29.8 Å². The molecule has 0 N–H and O–H groups in total. The van der Waals surface area contributed by atoms with E-state index in [9.17, 15) is 0 Å². The van der Waals surface area contributed by atoms with Crippen molar-refractivity contribution in [3.8, 4) is 27.7 Å². The lowest BCUT2D eigenvalue weighted by atomic mass is 10.2. The minimum Gasteiger partial charge on any atom is -0.497 e. The summed E-state index contributed by atoms with van der Waals surface area (Å²) in [6.07, 6.45) is 5.95. The van der Waals surface area contributed by atoms with E-state index in [1.54, 1.807) is 42.6 Å². The molecule has 1 aromatic carbocycles. The van der Waals surface area contributed by atoms with Crippen molar-refractivity contribution in [3.63, 3.8) is 0 Å². The molecule has 3 aromatic heterocycles. The third kappa shape index (κ3) is 3.90. The first-order valence-electron chi connectivity index (χ1n) is 9.39. The van der Waals surface area contributed by atoms with Crippen molar-refractivity contribution < 1.29 is 4.74 Å². The van der Waals surface area contributed by atoms with Gasteiger partial charge in [0, 0.05) is 40.7 Å². The molecule has 0 spiro atoms. The Bertz CT molecular complexity index is 1120. The van der Waals surface area contributed by atoms with Crippen molar-refractivity contribution in [1.82, 2.24) is 24.7 Å². The summed E-state index contributed by atoms with van der Waals surface area (Å²) in [5, 5.41) is 13.0. The zero-order valence-corrected chi connectivity index (χ0v) is 17.5. The third-order valence-electron chi connectivity index (χ3n) is 4.73. The van der Waals surface area contributed by atoms with Crippen molar-refractivity contribution in [2.24, 2.45) is 0 Å². The molecule has 0 bridgehead atoms. The maximum Gasteiger partial charge on any atom is 0.192 e. The maximum atomic E-state index is 5.32. The first-order chi connectivity index (χ1) is 14.3.